The summed E-state index contributed by atoms with van der Waals surface area (Å²) in [7, 11) is 0. The molecule has 0 amide bonds. The molecular formula is C12H18N2O3. The van der Waals surface area contributed by atoms with Crippen LogP contribution in [0.3, 0.4) is 0 Å². The van der Waals surface area contributed by atoms with Crippen LogP contribution >= 0.6 is 0 Å². The predicted octanol–water partition coefficient (Wildman–Crippen LogP) is 1.59. The monoisotopic (exact) mass is 238 g/mol. The van der Waals surface area contributed by atoms with Crippen molar-refractivity contribution < 1.29 is 14.2 Å². The number of pyridine rings is 1. The molecule has 0 saturated carbocycles. The zero-order valence-electron chi connectivity index (χ0n) is 9.80. The second-order valence-corrected chi connectivity index (χ2v) is 3.91. The standard InChI is InChI=1S/C12H18N2O3/c13-10-4-3-6-14-12(10)17-9-8-16-11-5-1-2-7-15-11/h3-4,6,11H,1-2,5,7-9,13H2. The maximum absolute atomic E-state index is 5.69. The molecule has 1 aliphatic rings. The molecule has 2 rings (SSSR count). The number of hydrogen-bond acceptors (Lipinski definition) is 5. The zero-order valence-corrected chi connectivity index (χ0v) is 9.80. The summed E-state index contributed by atoms with van der Waals surface area (Å²) in [6.07, 6.45) is 4.83. The van der Waals surface area contributed by atoms with Crippen molar-refractivity contribution in [3.63, 3.8) is 0 Å². The Morgan fingerprint density at radius 1 is 1.41 bits per heavy atom. The van der Waals surface area contributed by atoms with Gasteiger partial charge in [0.15, 0.2) is 6.29 Å². The highest BCUT2D eigenvalue weighted by molar-refractivity contribution is 5.46. The first-order valence-corrected chi connectivity index (χ1v) is 5.93. The lowest BCUT2D eigenvalue weighted by atomic mass is 10.2. The van der Waals surface area contributed by atoms with Crippen molar-refractivity contribution in [1.29, 1.82) is 0 Å². The van der Waals surface area contributed by atoms with E-state index in [9.17, 15) is 0 Å². The van der Waals surface area contributed by atoms with Gasteiger partial charge in [0.25, 0.3) is 0 Å². The summed E-state index contributed by atoms with van der Waals surface area (Å²) >= 11 is 0. The van der Waals surface area contributed by atoms with Gasteiger partial charge in [0.05, 0.1) is 12.3 Å². The lowest BCUT2D eigenvalue weighted by molar-refractivity contribution is -0.165. The molecule has 2 heterocycles. The van der Waals surface area contributed by atoms with E-state index in [2.05, 4.69) is 4.98 Å². The van der Waals surface area contributed by atoms with E-state index in [0.717, 1.165) is 19.4 Å². The summed E-state index contributed by atoms with van der Waals surface area (Å²) in [4.78, 5) is 4.03. The molecule has 5 nitrogen and oxygen atoms in total. The van der Waals surface area contributed by atoms with E-state index in [1.165, 1.54) is 6.42 Å². The Kier molecular flexibility index (Phi) is 4.58. The Morgan fingerprint density at radius 3 is 3.12 bits per heavy atom. The van der Waals surface area contributed by atoms with E-state index in [4.69, 9.17) is 19.9 Å². The molecule has 94 valence electrons. The smallest absolute Gasteiger partial charge is 0.237 e. The van der Waals surface area contributed by atoms with E-state index in [-0.39, 0.29) is 6.29 Å². The van der Waals surface area contributed by atoms with Crippen LogP contribution in [0, 0.1) is 0 Å². The molecule has 0 aromatic carbocycles. The Labute approximate surface area is 101 Å². The molecule has 0 bridgehead atoms. The van der Waals surface area contributed by atoms with Crippen LogP contribution in [0.25, 0.3) is 0 Å². The van der Waals surface area contributed by atoms with E-state index in [1.54, 1.807) is 18.3 Å². The molecule has 17 heavy (non-hydrogen) atoms. The Balaban J connectivity index is 1.64. The van der Waals surface area contributed by atoms with Gasteiger partial charge in [0.1, 0.15) is 6.61 Å². The van der Waals surface area contributed by atoms with Gasteiger partial charge in [-0.05, 0) is 31.4 Å². The number of hydrogen-bond donors (Lipinski definition) is 1. The maximum atomic E-state index is 5.69. The first kappa shape index (κ1) is 12.1. The molecule has 1 aliphatic heterocycles. The summed E-state index contributed by atoms with van der Waals surface area (Å²) in [5.74, 6) is 0.459. The molecular weight excluding hydrogens is 220 g/mol. The van der Waals surface area contributed by atoms with E-state index >= 15 is 0 Å². The molecule has 0 radical (unpaired) electrons. The summed E-state index contributed by atoms with van der Waals surface area (Å²) in [6.45, 7) is 1.71. The van der Waals surface area contributed by atoms with Gasteiger partial charge in [-0.15, -0.1) is 0 Å². The zero-order chi connectivity index (χ0) is 11.9. The average molecular weight is 238 g/mol. The highest BCUT2D eigenvalue weighted by Gasteiger charge is 2.13. The number of anilines is 1. The third kappa shape index (κ3) is 3.87. The van der Waals surface area contributed by atoms with Crippen molar-refractivity contribution in [3.8, 4) is 5.88 Å². The fourth-order valence-electron chi connectivity index (χ4n) is 1.68. The minimum atomic E-state index is -0.0755. The van der Waals surface area contributed by atoms with Crippen LogP contribution in [0.4, 0.5) is 5.69 Å². The van der Waals surface area contributed by atoms with Crippen LogP contribution in [-0.4, -0.2) is 31.1 Å². The Morgan fingerprint density at radius 2 is 2.35 bits per heavy atom. The first-order valence-electron chi connectivity index (χ1n) is 5.93. The van der Waals surface area contributed by atoms with Crippen molar-refractivity contribution in [3.05, 3.63) is 18.3 Å². The Hall–Kier alpha value is -1.33. The van der Waals surface area contributed by atoms with Crippen LogP contribution in [-0.2, 0) is 9.47 Å². The lowest BCUT2D eigenvalue weighted by Crippen LogP contribution is -2.24. The van der Waals surface area contributed by atoms with Crippen LogP contribution in [0.1, 0.15) is 19.3 Å². The third-order valence-corrected chi connectivity index (χ3v) is 2.56. The van der Waals surface area contributed by atoms with E-state index in [0.29, 0.717) is 24.8 Å². The molecule has 1 fully saturated rings. The van der Waals surface area contributed by atoms with Gasteiger partial charge in [0.2, 0.25) is 5.88 Å². The molecule has 0 aliphatic carbocycles. The number of rotatable bonds is 5. The largest absolute Gasteiger partial charge is 0.474 e. The second kappa shape index (κ2) is 6.42. The summed E-state index contributed by atoms with van der Waals surface area (Å²) < 4.78 is 16.4. The number of ether oxygens (including phenoxy) is 3. The Bertz CT molecular complexity index is 340. The molecule has 0 spiro atoms. The van der Waals surface area contributed by atoms with Crippen molar-refractivity contribution in [1.82, 2.24) is 4.98 Å². The minimum absolute atomic E-state index is 0.0755. The fraction of sp³-hybridized carbons (Fsp3) is 0.583. The molecule has 1 atom stereocenters. The quantitative estimate of drug-likeness (QED) is 0.789. The normalized spacial score (nSPS) is 20.1. The number of nitrogens with two attached hydrogens (primary N) is 1. The van der Waals surface area contributed by atoms with Crippen molar-refractivity contribution in [2.75, 3.05) is 25.6 Å². The molecule has 1 unspecified atom stereocenters. The summed E-state index contributed by atoms with van der Waals surface area (Å²) in [5, 5.41) is 0. The highest BCUT2D eigenvalue weighted by atomic mass is 16.7. The first-order chi connectivity index (χ1) is 8.36. The molecule has 1 aromatic heterocycles. The minimum Gasteiger partial charge on any atom is -0.474 e. The average Bonchev–Trinajstić information content (AvgIpc) is 2.38. The van der Waals surface area contributed by atoms with Gasteiger partial charge in [-0.3, -0.25) is 0 Å². The second-order valence-electron chi connectivity index (χ2n) is 3.91. The predicted molar refractivity (Wildman–Crippen MR) is 63.7 cm³/mol. The third-order valence-electron chi connectivity index (χ3n) is 2.56. The van der Waals surface area contributed by atoms with Crippen molar-refractivity contribution in [2.45, 2.75) is 25.6 Å². The topological polar surface area (TPSA) is 66.6 Å². The SMILES string of the molecule is Nc1cccnc1OCCOC1CCCCO1. The van der Waals surface area contributed by atoms with Gasteiger partial charge in [-0.25, -0.2) is 4.98 Å². The molecule has 1 saturated heterocycles. The van der Waals surface area contributed by atoms with Crippen LogP contribution < -0.4 is 10.5 Å². The lowest BCUT2D eigenvalue weighted by Gasteiger charge is -2.22. The molecule has 1 aromatic rings. The maximum Gasteiger partial charge on any atom is 0.237 e. The summed E-state index contributed by atoms with van der Waals surface area (Å²) in [6, 6.07) is 3.53. The van der Waals surface area contributed by atoms with Crippen LogP contribution in [0.15, 0.2) is 18.3 Å². The van der Waals surface area contributed by atoms with Crippen LogP contribution in [0.2, 0.25) is 0 Å². The molecule has 2 N–H and O–H groups in total. The number of nitrogen functional groups attached to an aromatic ring is 1. The van der Waals surface area contributed by atoms with Crippen molar-refractivity contribution >= 4 is 5.69 Å². The fourth-order valence-corrected chi connectivity index (χ4v) is 1.68. The van der Waals surface area contributed by atoms with Crippen LogP contribution in [0.5, 0.6) is 5.88 Å². The van der Waals surface area contributed by atoms with E-state index < -0.39 is 0 Å². The van der Waals surface area contributed by atoms with Gasteiger partial charge < -0.3 is 19.9 Å². The van der Waals surface area contributed by atoms with Gasteiger partial charge in [-0.1, -0.05) is 0 Å². The highest BCUT2D eigenvalue weighted by Crippen LogP contribution is 2.16. The van der Waals surface area contributed by atoms with Gasteiger partial charge >= 0.3 is 0 Å². The number of aromatic nitrogens is 1. The van der Waals surface area contributed by atoms with Gasteiger partial charge in [0, 0.05) is 12.8 Å². The summed E-state index contributed by atoms with van der Waals surface area (Å²) in [5.41, 5.74) is 6.24. The molecule has 5 heteroatoms. The van der Waals surface area contributed by atoms with Crippen molar-refractivity contribution in [2.24, 2.45) is 0 Å². The van der Waals surface area contributed by atoms with E-state index in [1.807, 2.05) is 0 Å². The van der Waals surface area contributed by atoms with Gasteiger partial charge in [-0.2, -0.15) is 0 Å². The number of nitrogens with zero attached hydrogens (tertiary/aromatic N) is 1.